The molecule has 144 valence electrons. The second kappa shape index (κ2) is 7.30. The smallest absolute Gasteiger partial charge is 0.241 e. The van der Waals surface area contributed by atoms with Gasteiger partial charge in [-0.1, -0.05) is 30.3 Å². The fourth-order valence-electron chi connectivity index (χ4n) is 4.68. The molecule has 1 saturated heterocycles. The fourth-order valence-corrected chi connectivity index (χ4v) is 5.77. The van der Waals surface area contributed by atoms with Crippen molar-refractivity contribution in [2.45, 2.75) is 38.1 Å². The lowest BCUT2D eigenvalue weighted by Gasteiger charge is -2.33. The number of anilines is 1. The van der Waals surface area contributed by atoms with Crippen molar-refractivity contribution in [3.63, 3.8) is 0 Å². The van der Waals surface area contributed by atoms with Crippen molar-refractivity contribution in [1.82, 2.24) is 9.88 Å². The maximum atomic E-state index is 13.1. The molecule has 1 aromatic heterocycles. The molecule has 4 nitrogen and oxygen atoms in total. The number of fused-ring (bicyclic) bond motifs is 2. The molecule has 3 heterocycles. The van der Waals surface area contributed by atoms with E-state index in [1.54, 1.807) is 0 Å². The van der Waals surface area contributed by atoms with Crippen LogP contribution < -0.4 is 4.90 Å². The molecule has 0 bridgehead atoms. The van der Waals surface area contributed by atoms with Crippen LogP contribution in [0.2, 0.25) is 0 Å². The molecule has 2 atom stereocenters. The Bertz CT molecular complexity index is 981. The van der Waals surface area contributed by atoms with E-state index in [-0.39, 0.29) is 11.9 Å². The van der Waals surface area contributed by atoms with Gasteiger partial charge in [-0.15, -0.1) is 11.3 Å². The van der Waals surface area contributed by atoms with Crippen LogP contribution >= 0.6 is 11.3 Å². The van der Waals surface area contributed by atoms with Crippen LogP contribution in [0.5, 0.6) is 0 Å². The molecule has 5 rings (SSSR count). The first-order valence-electron chi connectivity index (χ1n) is 10.2. The van der Waals surface area contributed by atoms with E-state index in [0.29, 0.717) is 12.5 Å². The number of piperidine rings is 1. The molecule has 0 aliphatic carbocycles. The molecule has 0 N–H and O–H groups in total. The summed E-state index contributed by atoms with van der Waals surface area (Å²) in [4.78, 5) is 22.3. The van der Waals surface area contributed by atoms with E-state index < -0.39 is 0 Å². The van der Waals surface area contributed by atoms with Crippen LogP contribution in [0.25, 0.3) is 10.2 Å². The third kappa shape index (κ3) is 3.23. The molecule has 5 heteroatoms. The van der Waals surface area contributed by atoms with Gasteiger partial charge in [-0.2, -0.15) is 0 Å². The number of amides is 1. The first-order chi connectivity index (χ1) is 13.7. The molecular formula is C23H25N3OS. The largest absolute Gasteiger partial charge is 0.308 e. The van der Waals surface area contributed by atoms with Crippen molar-refractivity contribution in [2.24, 2.45) is 0 Å². The van der Waals surface area contributed by atoms with Gasteiger partial charge in [0.2, 0.25) is 5.91 Å². The van der Waals surface area contributed by atoms with Gasteiger partial charge in [0.15, 0.2) is 0 Å². The van der Waals surface area contributed by atoms with Crippen LogP contribution in [0.3, 0.4) is 0 Å². The molecule has 28 heavy (non-hydrogen) atoms. The molecule has 0 unspecified atom stereocenters. The summed E-state index contributed by atoms with van der Waals surface area (Å²) in [5, 5.41) is 1.22. The van der Waals surface area contributed by atoms with E-state index in [1.807, 2.05) is 28.4 Å². The summed E-state index contributed by atoms with van der Waals surface area (Å²) in [6, 6.07) is 16.9. The lowest BCUT2D eigenvalue weighted by atomic mass is 9.98. The van der Waals surface area contributed by atoms with Gasteiger partial charge in [-0.25, -0.2) is 4.98 Å². The third-order valence-electron chi connectivity index (χ3n) is 6.00. The summed E-state index contributed by atoms with van der Waals surface area (Å²) in [6.45, 7) is 4.57. The minimum Gasteiger partial charge on any atom is -0.308 e. The predicted octanol–water partition coefficient (Wildman–Crippen LogP) is 4.45. The highest BCUT2D eigenvalue weighted by molar-refractivity contribution is 7.18. The van der Waals surface area contributed by atoms with Gasteiger partial charge >= 0.3 is 0 Å². The molecule has 2 aromatic carbocycles. The van der Waals surface area contributed by atoms with Gasteiger partial charge in [0.1, 0.15) is 0 Å². The average Bonchev–Trinajstić information content (AvgIpc) is 3.28. The molecule has 2 aliphatic heterocycles. The molecular weight excluding hydrogens is 366 g/mol. The zero-order chi connectivity index (χ0) is 19.1. The van der Waals surface area contributed by atoms with E-state index in [1.165, 1.54) is 15.3 Å². The second-order valence-electron chi connectivity index (χ2n) is 8.04. The minimum atomic E-state index is 0.224. The average molecular weight is 392 g/mol. The Morgan fingerprint density at radius 3 is 2.89 bits per heavy atom. The standard InChI is InChI=1S/C23H25N3OS/c1-16-13-17-7-2-4-10-20(17)26(16)22(27)15-25-12-6-8-18(14-25)23-24-19-9-3-5-11-21(19)28-23/h2-5,7,9-11,16,18H,6,8,12-15H2,1H3/t16-,18-/m0/s1. The van der Waals surface area contributed by atoms with Gasteiger partial charge in [0, 0.05) is 24.2 Å². The van der Waals surface area contributed by atoms with Crippen molar-refractivity contribution in [2.75, 3.05) is 24.5 Å². The van der Waals surface area contributed by atoms with Crippen molar-refractivity contribution < 1.29 is 4.79 Å². The Morgan fingerprint density at radius 2 is 2.00 bits per heavy atom. The van der Waals surface area contributed by atoms with E-state index in [4.69, 9.17) is 4.98 Å². The third-order valence-corrected chi connectivity index (χ3v) is 7.20. The van der Waals surface area contributed by atoms with Gasteiger partial charge in [-0.05, 0) is 56.5 Å². The van der Waals surface area contributed by atoms with Crippen LogP contribution in [-0.4, -0.2) is 41.5 Å². The van der Waals surface area contributed by atoms with E-state index in [0.717, 1.165) is 43.6 Å². The summed E-state index contributed by atoms with van der Waals surface area (Å²) in [5.41, 5.74) is 3.48. The minimum absolute atomic E-state index is 0.224. The molecule has 0 spiro atoms. The SMILES string of the molecule is C[C@H]1Cc2ccccc2N1C(=O)CN1CCC[C@H](c2nc3ccccc3s2)C1. The number of carbonyl (C=O) groups excluding carboxylic acids is 1. The number of hydrogen-bond acceptors (Lipinski definition) is 4. The summed E-state index contributed by atoms with van der Waals surface area (Å²) >= 11 is 1.81. The lowest BCUT2D eigenvalue weighted by Crippen LogP contribution is -2.45. The highest BCUT2D eigenvalue weighted by Gasteiger charge is 2.32. The quantitative estimate of drug-likeness (QED) is 0.662. The first-order valence-corrected chi connectivity index (χ1v) is 11.0. The number of aromatic nitrogens is 1. The summed E-state index contributed by atoms with van der Waals surface area (Å²) in [5.74, 6) is 0.657. The molecule has 1 fully saturated rings. The maximum absolute atomic E-state index is 13.1. The zero-order valence-electron chi connectivity index (χ0n) is 16.2. The molecule has 3 aromatic rings. The molecule has 0 radical (unpaired) electrons. The van der Waals surface area contributed by atoms with Crippen molar-refractivity contribution in [3.05, 3.63) is 59.1 Å². The molecule has 0 saturated carbocycles. The van der Waals surface area contributed by atoms with Crippen LogP contribution in [0.1, 0.15) is 36.3 Å². The highest BCUT2D eigenvalue weighted by Crippen LogP contribution is 2.34. The van der Waals surface area contributed by atoms with E-state index in [2.05, 4.69) is 48.2 Å². The van der Waals surface area contributed by atoms with Crippen LogP contribution in [0, 0.1) is 0 Å². The number of benzene rings is 2. The summed E-state index contributed by atoms with van der Waals surface area (Å²) in [7, 11) is 0. The van der Waals surface area contributed by atoms with Crippen LogP contribution in [0.4, 0.5) is 5.69 Å². The Balaban J connectivity index is 1.30. The van der Waals surface area contributed by atoms with Gasteiger partial charge in [-0.3, -0.25) is 9.69 Å². The van der Waals surface area contributed by atoms with Crippen LogP contribution in [-0.2, 0) is 11.2 Å². The Morgan fingerprint density at radius 1 is 1.18 bits per heavy atom. The van der Waals surface area contributed by atoms with Gasteiger partial charge < -0.3 is 4.90 Å². The van der Waals surface area contributed by atoms with Crippen molar-refractivity contribution in [1.29, 1.82) is 0 Å². The number of nitrogens with zero attached hydrogens (tertiary/aromatic N) is 3. The molecule has 2 aliphatic rings. The predicted molar refractivity (Wildman–Crippen MR) is 115 cm³/mol. The maximum Gasteiger partial charge on any atom is 0.241 e. The lowest BCUT2D eigenvalue weighted by molar-refractivity contribution is -0.120. The first kappa shape index (κ1) is 17.8. The second-order valence-corrected chi connectivity index (χ2v) is 9.10. The number of rotatable bonds is 3. The van der Waals surface area contributed by atoms with Crippen LogP contribution in [0.15, 0.2) is 48.5 Å². The normalized spacial score (nSPS) is 22.5. The number of likely N-dealkylation sites (tertiary alicyclic amines) is 1. The Hall–Kier alpha value is -2.24. The van der Waals surface area contributed by atoms with Gasteiger partial charge in [0.25, 0.3) is 0 Å². The summed E-state index contributed by atoms with van der Waals surface area (Å²) in [6.07, 6.45) is 3.24. The van der Waals surface area contributed by atoms with E-state index in [9.17, 15) is 4.79 Å². The number of para-hydroxylation sites is 2. The van der Waals surface area contributed by atoms with E-state index >= 15 is 0 Å². The highest BCUT2D eigenvalue weighted by atomic mass is 32.1. The Kier molecular flexibility index (Phi) is 4.65. The Labute approximate surface area is 169 Å². The van der Waals surface area contributed by atoms with Gasteiger partial charge in [0.05, 0.1) is 21.8 Å². The molecule has 1 amide bonds. The van der Waals surface area contributed by atoms with Crippen molar-refractivity contribution >= 4 is 33.1 Å². The van der Waals surface area contributed by atoms with Crippen molar-refractivity contribution in [3.8, 4) is 0 Å². The number of carbonyl (C=O) groups is 1. The zero-order valence-corrected chi connectivity index (χ0v) is 17.0. The fraction of sp³-hybridized carbons (Fsp3) is 0.391. The summed E-state index contributed by atoms with van der Waals surface area (Å²) < 4.78 is 1.26. The number of hydrogen-bond donors (Lipinski definition) is 0. The number of thiazole rings is 1. The monoisotopic (exact) mass is 391 g/mol. The topological polar surface area (TPSA) is 36.4 Å².